The summed E-state index contributed by atoms with van der Waals surface area (Å²) in [7, 11) is 0.583. The zero-order valence-electron chi connectivity index (χ0n) is 13.6. The molecule has 0 amide bonds. The van der Waals surface area contributed by atoms with E-state index < -0.39 is 10.8 Å². The third kappa shape index (κ3) is 5.21. The number of thioether (sulfide) groups is 1. The molecule has 0 bridgehead atoms. The Hall–Kier alpha value is -2.12. The Bertz CT molecular complexity index is 756. The van der Waals surface area contributed by atoms with Crippen molar-refractivity contribution in [2.45, 2.75) is 16.7 Å². The van der Waals surface area contributed by atoms with Crippen LogP contribution in [0.2, 0.25) is 0 Å². The second kappa shape index (κ2) is 8.65. The fourth-order valence-electron chi connectivity index (χ4n) is 1.77. The predicted octanol–water partition coefficient (Wildman–Crippen LogP) is 3.54. The van der Waals surface area contributed by atoms with E-state index in [4.69, 9.17) is 4.74 Å². The van der Waals surface area contributed by atoms with Crippen LogP contribution in [-0.2, 0) is 15.6 Å². The number of carbonyl (C=O) groups is 1. The summed E-state index contributed by atoms with van der Waals surface area (Å²) in [6, 6.07) is 14.5. The van der Waals surface area contributed by atoms with Crippen molar-refractivity contribution in [3.05, 3.63) is 48.5 Å². The molecule has 2 aromatic carbocycles. The summed E-state index contributed by atoms with van der Waals surface area (Å²) in [4.78, 5) is 13.4. The van der Waals surface area contributed by atoms with Gasteiger partial charge in [0, 0.05) is 33.8 Å². The second-order valence-corrected chi connectivity index (χ2v) is 7.28. The highest BCUT2D eigenvalue weighted by Gasteiger charge is 2.09. The number of ether oxygens (including phenoxy) is 1. The number of methoxy groups -OCH3 is 1. The molecule has 0 aliphatic carbocycles. The molecule has 24 heavy (non-hydrogen) atoms. The quantitative estimate of drug-likeness (QED) is 0.368. The van der Waals surface area contributed by atoms with Gasteiger partial charge in [-0.15, -0.1) is 0 Å². The average molecular weight is 362 g/mol. The number of hydrogen-bond donors (Lipinski definition) is 1. The molecule has 0 fully saturated rings. The summed E-state index contributed by atoms with van der Waals surface area (Å²) in [5.74, 6) is 0.614. The van der Waals surface area contributed by atoms with Gasteiger partial charge in [-0.05, 0) is 48.5 Å². The van der Waals surface area contributed by atoms with E-state index in [1.54, 1.807) is 25.5 Å². The summed E-state index contributed by atoms with van der Waals surface area (Å²) in [5.41, 5.74) is 3.63. The zero-order chi connectivity index (χ0) is 17.5. The van der Waals surface area contributed by atoms with Crippen LogP contribution in [0.3, 0.4) is 0 Å². The number of anilines is 1. The maximum Gasteiger partial charge on any atom is 0.186 e. The van der Waals surface area contributed by atoms with E-state index in [0.29, 0.717) is 5.04 Å². The van der Waals surface area contributed by atoms with E-state index in [1.165, 1.54) is 18.7 Å². The Morgan fingerprint density at radius 2 is 1.75 bits per heavy atom. The van der Waals surface area contributed by atoms with Crippen molar-refractivity contribution in [3.8, 4) is 5.75 Å². The van der Waals surface area contributed by atoms with Gasteiger partial charge in [0.2, 0.25) is 0 Å². The number of Topliss-reactive ketones (excluding diaryl/α,β-unsaturated/α-hetero) is 1. The van der Waals surface area contributed by atoms with Gasteiger partial charge in [-0.1, -0.05) is 11.8 Å². The van der Waals surface area contributed by atoms with Crippen molar-refractivity contribution < 1.29 is 13.7 Å². The fourth-order valence-corrected chi connectivity index (χ4v) is 3.02. The largest absolute Gasteiger partial charge is 0.497 e. The van der Waals surface area contributed by atoms with E-state index >= 15 is 0 Å². The highest BCUT2D eigenvalue weighted by atomic mass is 32.2. The summed E-state index contributed by atoms with van der Waals surface area (Å²) in [6.45, 7) is 1.47. The molecule has 0 heterocycles. The molecule has 0 radical (unpaired) electrons. The SMILES string of the molecule is COc1ccc(NN=C(Sc2ccc(S(C)=O)cc2)C(C)=O)cc1. The van der Waals surface area contributed by atoms with Gasteiger partial charge < -0.3 is 4.74 Å². The predicted molar refractivity (Wildman–Crippen MR) is 99.4 cm³/mol. The van der Waals surface area contributed by atoms with Gasteiger partial charge in [0.05, 0.1) is 12.8 Å². The minimum Gasteiger partial charge on any atom is -0.497 e. The van der Waals surface area contributed by atoms with E-state index in [9.17, 15) is 9.00 Å². The van der Waals surface area contributed by atoms with Crippen LogP contribution < -0.4 is 10.2 Å². The molecular formula is C17H18N2O3S2. The lowest BCUT2D eigenvalue weighted by Gasteiger charge is -2.06. The number of rotatable bonds is 6. The fraction of sp³-hybridized carbons (Fsp3) is 0.176. The van der Waals surface area contributed by atoms with Crippen LogP contribution >= 0.6 is 11.8 Å². The standard InChI is InChI=1S/C17H18N2O3S2/c1-12(20)17(19-18-13-4-6-14(22-2)7-5-13)23-15-8-10-16(11-9-15)24(3)21/h4-11,18H,1-3H3. The van der Waals surface area contributed by atoms with Gasteiger partial charge in [0.1, 0.15) is 5.75 Å². The number of carbonyl (C=O) groups excluding carboxylic acids is 1. The molecule has 126 valence electrons. The van der Waals surface area contributed by atoms with Gasteiger partial charge in [0.25, 0.3) is 0 Å². The smallest absolute Gasteiger partial charge is 0.186 e. The van der Waals surface area contributed by atoms with Gasteiger partial charge in [-0.25, -0.2) is 0 Å². The van der Waals surface area contributed by atoms with Crippen LogP contribution in [-0.4, -0.2) is 28.4 Å². The number of nitrogens with zero attached hydrogens (tertiary/aromatic N) is 1. The third-order valence-electron chi connectivity index (χ3n) is 3.05. The summed E-state index contributed by atoms with van der Waals surface area (Å²) >= 11 is 1.26. The van der Waals surface area contributed by atoms with Crippen LogP contribution in [0.25, 0.3) is 0 Å². The number of nitrogens with one attached hydrogen (secondary N) is 1. The van der Waals surface area contributed by atoms with Crippen molar-refractivity contribution >= 4 is 39.1 Å². The van der Waals surface area contributed by atoms with E-state index in [1.807, 2.05) is 36.4 Å². The van der Waals surface area contributed by atoms with Crippen LogP contribution in [0, 0.1) is 0 Å². The first kappa shape index (κ1) is 18.2. The maximum absolute atomic E-state index is 11.8. The molecule has 0 aromatic heterocycles. The Labute approximate surface area is 148 Å². The molecule has 1 N–H and O–H groups in total. The Balaban J connectivity index is 2.10. The van der Waals surface area contributed by atoms with Crippen molar-refractivity contribution in [1.29, 1.82) is 0 Å². The first-order valence-electron chi connectivity index (χ1n) is 7.09. The van der Waals surface area contributed by atoms with Gasteiger partial charge in [0.15, 0.2) is 10.8 Å². The number of ketones is 1. The molecule has 0 aliphatic heterocycles. The van der Waals surface area contributed by atoms with Crippen LogP contribution in [0.4, 0.5) is 5.69 Å². The summed E-state index contributed by atoms with van der Waals surface area (Å²) < 4.78 is 16.5. The lowest BCUT2D eigenvalue weighted by atomic mass is 10.3. The molecule has 7 heteroatoms. The van der Waals surface area contributed by atoms with Gasteiger partial charge in [-0.2, -0.15) is 5.10 Å². The van der Waals surface area contributed by atoms with E-state index in [2.05, 4.69) is 10.5 Å². The Morgan fingerprint density at radius 3 is 2.25 bits per heavy atom. The molecule has 1 atom stereocenters. The van der Waals surface area contributed by atoms with Crippen LogP contribution in [0.15, 0.2) is 63.4 Å². The summed E-state index contributed by atoms with van der Waals surface area (Å²) in [5, 5.41) is 4.52. The minimum absolute atomic E-state index is 0.135. The maximum atomic E-state index is 11.8. The average Bonchev–Trinajstić information content (AvgIpc) is 2.59. The minimum atomic E-state index is -1.02. The zero-order valence-corrected chi connectivity index (χ0v) is 15.2. The topological polar surface area (TPSA) is 67.8 Å². The van der Waals surface area contributed by atoms with Crippen LogP contribution in [0.1, 0.15) is 6.92 Å². The second-order valence-electron chi connectivity index (χ2n) is 4.84. The highest BCUT2D eigenvalue weighted by molar-refractivity contribution is 8.15. The number of hydrogen-bond acceptors (Lipinski definition) is 6. The molecule has 0 saturated heterocycles. The number of benzene rings is 2. The highest BCUT2D eigenvalue weighted by Crippen LogP contribution is 2.22. The molecule has 2 rings (SSSR count). The first-order valence-corrected chi connectivity index (χ1v) is 9.47. The molecule has 0 spiro atoms. The van der Waals surface area contributed by atoms with Crippen molar-refractivity contribution in [2.24, 2.45) is 5.10 Å². The monoisotopic (exact) mass is 362 g/mol. The molecule has 2 aromatic rings. The summed E-state index contributed by atoms with van der Waals surface area (Å²) in [6.07, 6.45) is 1.63. The third-order valence-corrected chi connectivity index (χ3v) is 5.06. The van der Waals surface area contributed by atoms with E-state index in [-0.39, 0.29) is 5.78 Å². The first-order chi connectivity index (χ1) is 11.5. The van der Waals surface area contributed by atoms with Crippen molar-refractivity contribution in [2.75, 3.05) is 18.8 Å². The van der Waals surface area contributed by atoms with Gasteiger partial charge >= 0.3 is 0 Å². The lowest BCUT2D eigenvalue weighted by Crippen LogP contribution is -2.08. The van der Waals surface area contributed by atoms with Crippen LogP contribution in [0.5, 0.6) is 5.75 Å². The van der Waals surface area contributed by atoms with Crippen molar-refractivity contribution in [1.82, 2.24) is 0 Å². The normalized spacial score (nSPS) is 12.5. The van der Waals surface area contributed by atoms with Crippen molar-refractivity contribution in [3.63, 3.8) is 0 Å². The molecule has 0 saturated carbocycles. The van der Waals surface area contributed by atoms with E-state index in [0.717, 1.165) is 21.2 Å². The Kier molecular flexibility index (Phi) is 6.57. The lowest BCUT2D eigenvalue weighted by molar-refractivity contribution is -0.110. The molecular weight excluding hydrogens is 344 g/mol. The Morgan fingerprint density at radius 1 is 1.12 bits per heavy atom. The molecule has 0 aliphatic rings. The van der Waals surface area contributed by atoms with Gasteiger partial charge in [-0.3, -0.25) is 14.4 Å². The molecule has 5 nitrogen and oxygen atoms in total. The molecule has 1 unspecified atom stereocenters. The number of hydrazone groups is 1.